The molecule has 126 valence electrons. The molecule has 0 saturated carbocycles. The Morgan fingerprint density at radius 3 is 2.71 bits per heavy atom. The molecule has 0 radical (unpaired) electrons. The fraction of sp³-hybridized carbons (Fsp3) is 0.294. The van der Waals surface area contributed by atoms with E-state index in [-0.39, 0.29) is 11.8 Å². The first-order valence-electron chi connectivity index (χ1n) is 7.55. The van der Waals surface area contributed by atoms with E-state index in [0.29, 0.717) is 29.8 Å². The molecular formula is C17H18FN3O3. The van der Waals surface area contributed by atoms with Crippen molar-refractivity contribution in [2.45, 2.75) is 26.4 Å². The summed E-state index contributed by atoms with van der Waals surface area (Å²) in [6, 6.07) is 8.43. The molecule has 2 aromatic heterocycles. The minimum absolute atomic E-state index is 0.108. The lowest BCUT2D eigenvalue weighted by Gasteiger charge is -2.27. The number of hydrogen-bond acceptors (Lipinski definition) is 6. The Labute approximate surface area is 138 Å². The number of rotatable bonds is 6. The SMILES string of the molecule is COc1ccc(N(Cc2nnc(-c3ccco3)o2)C(C)C)cc1F. The summed E-state index contributed by atoms with van der Waals surface area (Å²) in [5.41, 5.74) is 0.709. The number of nitrogens with zero attached hydrogens (tertiary/aromatic N) is 3. The first-order valence-corrected chi connectivity index (χ1v) is 7.55. The maximum absolute atomic E-state index is 14.0. The summed E-state index contributed by atoms with van der Waals surface area (Å²) in [4.78, 5) is 1.96. The molecule has 0 unspecified atom stereocenters. The average Bonchev–Trinajstić information content (AvgIpc) is 3.23. The molecule has 0 aliphatic carbocycles. The van der Waals surface area contributed by atoms with E-state index in [1.54, 1.807) is 30.5 Å². The summed E-state index contributed by atoms with van der Waals surface area (Å²) in [6.07, 6.45) is 1.54. The van der Waals surface area contributed by atoms with Crippen LogP contribution in [0.3, 0.4) is 0 Å². The van der Waals surface area contributed by atoms with Crippen molar-refractivity contribution in [3.05, 3.63) is 48.3 Å². The van der Waals surface area contributed by atoms with Crippen LogP contribution in [0.25, 0.3) is 11.7 Å². The fourth-order valence-electron chi connectivity index (χ4n) is 2.37. The first-order chi connectivity index (χ1) is 11.6. The normalized spacial score (nSPS) is 11.0. The molecule has 0 N–H and O–H groups in total. The van der Waals surface area contributed by atoms with Crippen molar-refractivity contribution in [2.24, 2.45) is 0 Å². The molecule has 0 fully saturated rings. The topological polar surface area (TPSA) is 64.5 Å². The third-order valence-electron chi connectivity index (χ3n) is 3.59. The van der Waals surface area contributed by atoms with Gasteiger partial charge in [0.2, 0.25) is 5.89 Å². The number of halogens is 1. The van der Waals surface area contributed by atoms with Crippen molar-refractivity contribution in [2.75, 3.05) is 12.0 Å². The van der Waals surface area contributed by atoms with Crippen LogP contribution in [0, 0.1) is 5.82 Å². The van der Waals surface area contributed by atoms with E-state index in [4.69, 9.17) is 13.6 Å². The molecule has 0 amide bonds. The molecule has 3 rings (SSSR count). The highest BCUT2D eigenvalue weighted by molar-refractivity contribution is 5.50. The van der Waals surface area contributed by atoms with E-state index in [9.17, 15) is 4.39 Å². The van der Waals surface area contributed by atoms with Crippen LogP contribution in [-0.4, -0.2) is 23.3 Å². The lowest BCUT2D eigenvalue weighted by Crippen LogP contribution is -2.30. The Bertz CT molecular complexity index is 799. The summed E-state index contributed by atoms with van der Waals surface area (Å²) in [6.45, 7) is 4.37. The predicted molar refractivity (Wildman–Crippen MR) is 86.3 cm³/mol. The van der Waals surface area contributed by atoms with Crippen molar-refractivity contribution in [1.82, 2.24) is 10.2 Å². The Morgan fingerprint density at radius 2 is 2.08 bits per heavy atom. The van der Waals surface area contributed by atoms with Crippen LogP contribution in [0.2, 0.25) is 0 Å². The largest absolute Gasteiger partial charge is 0.494 e. The van der Waals surface area contributed by atoms with Crippen molar-refractivity contribution < 1.29 is 18.0 Å². The monoisotopic (exact) mass is 331 g/mol. The van der Waals surface area contributed by atoms with Crippen molar-refractivity contribution in [1.29, 1.82) is 0 Å². The second kappa shape index (κ2) is 6.74. The molecule has 0 saturated heterocycles. The third kappa shape index (κ3) is 3.24. The van der Waals surface area contributed by atoms with Gasteiger partial charge in [-0.1, -0.05) is 0 Å². The van der Waals surface area contributed by atoms with E-state index in [1.165, 1.54) is 13.2 Å². The zero-order valence-electron chi connectivity index (χ0n) is 13.7. The number of aromatic nitrogens is 2. The molecule has 0 aliphatic rings. The number of furan rings is 1. The van der Waals surface area contributed by atoms with E-state index in [2.05, 4.69) is 10.2 Å². The molecular weight excluding hydrogens is 313 g/mol. The smallest absolute Gasteiger partial charge is 0.283 e. The number of anilines is 1. The zero-order chi connectivity index (χ0) is 17.1. The summed E-state index contributed by atoms with van der Waals surface area (Å²) >= 11 is 0. The van der Waals surface area contributed by atoms with Crippen LogP contribution < -0.4 is 9.64 Å². The molecule has 24 heavy (non-hydrogen) atoms. The Balaban J connectivity index is 1.83. The van der Waals surface area contributed by atoms with E-state index in [0.717, 1.165) is 0 Å². The van der Waals surface area contributed by atoms with Crippen LogP contribution in [0.4, 0.5) is 10.1 Å². The number of methoxy groups -OCH3 is 1. The van der Waals surface area contributed by atoms with Gasteiger partial charge in [0, 0.05) is 17.8 Å². The van der Waals surface area contributed by atoms with Gasteiger partial charge >= 0.3 is 0 Å². The summed E-state index contributed by atoms with van der Waals surface area (Å²) < 4.78 is 29.8. The molecule has 2 heterocycles. The molecule has 0 aliphatic heterocycles. The van der Waals surface area contributed by atoms with Crippen LogP contribution in [0.15, 0.2) is 45.4 Å². The summed E-state index contributed by atoms with van der Waals surface area (Å²) in [5.74, 6) is 1.05. The first kappa shape index (κ1) is 16.0. The lowest BCUT2D eigenvalue weighted by atomic mass is 10.2. The highest BCUT2D eigenvalue weighted by Gasteiger charge is 2.18. The third-order valence-corrected chi connectivity index (χ3v) is 3.59. The van der Waals surface area contributed by atoms with Crippen LogP contribution in [0.1, 0.15) is 19.7 Å². The fourth-order valence-corrected chi connectivity index (χ4v) is 2.37. The van der Waals surface area contributed by atoms with Crippen molar-refractivity contribution >= 4 is 5.69 Å². The van der Waals surface area contributed by atoms with Crippen LogP contribution in [0.5, 0.6) is 5.75 Å². The van der Waals surface area contributed by atoms with Gasteiger partial charge in [-0.2, -0.15) is 0 Å². The average molecular weight is 331 g/mol. The predicted octanol–water partition coefficient (Wildman–Crippen LogP) is 3.89. The highest BCUT2D eigenvalue weighted by Crippen LogP contribution is 2.27. The molecule has 7 heteroatoms. The van der Waals surface area contributed by atoms with Gasteiger partial charge in [0.1, 0.15) is 0 Å². The van der Waals surface area contributed by atoms with E-state index >= 15 is 0 Å². The maximum Gasteiger partial charge on any atom is 0.283 e. The van der Waals surface area contributed by atoms with Gasteiger partial charge in [-0.25, -0.2) is 4.39 Å². The molecule has 0 atom stereocenters. The molecule has 6 nitrogen and oxygen atoms in total. The number of hydrogen-bond donors (Lipinski definition) is 0. The molecule has 0 bridgehead atoms. The van der Waals surface area contributed by atoms with Gasteiger partial charge in [-0.15, -0.1) is 10.2 Å². The van der Waals surface area contributed by atoms with E-state index < -0.39 is 5.82 Å². The van der Waals surface area contributed by atoms with Crippen molar-refractivity contribution in [3.8, 4) is 17.4 Å². The summed E-state index contributed by atoms with van der Waals surface area (Å²) in [7, 11) is 1.44. The second-order valence-electron chi connectivity index (χ2n) is 5.52. The van der Waals surface area contributed by atoms with Crippen LogP contribution in [-0.2, 0) is 6.54 Å². The molecule has 0 spiro atoms. The maximum atomic E-state index is 14.0. The van der Waals surface area contributed by atoms with Gasteiger partial charge in [0.05, 0.1) is 19.9 Å². The number of ether oxygens (including phenoxy) is 1. The Hall–Kier alpha value is -2.83. The zero-order valence-corrected chi connectivity index (χ0v) is 13.7. The van der Waals surface area contributed by atoms with Gasteiger partial charge < -0.3 is 18.5 Å². The summed E-state index contributed by atoms with van der Waals surface area (Å²) in [5, 5.41) is 8.02. The number of benzene rings is 1. The lowest BCUT2D eigenvalue weighted by molar-refractivity contribution is 0.386. The van der Waals surface area contributed by atoms with Gasteiger partial charge in [0.25, 0.3) is 5.89 Å². The van der Waals surface area contributed by atoms with E-state index in [1.807, 2.05) is 18.7 Å². The van der Waals surface area contributed by atoms with Crippen LogP contribution >= 0.6 is 0 Å². The molecule has 1 aromatic carbocycles. The Kier molecular flexibility index (Phi) is 4.50. The standard InChI is InChI=1S/C17H18FN3O3/c1-11(2)21(12-6-7-14(22-3)13(18)9-12)10-16-19-20-17(24-16)15-5-4-8-23-15/h4-9,11H,10H2,1-3H3. The molecule has 3 aromatic rings. The second-order valence-corrected chi connectivity index (χ2v) is 5.52. The quantitative estimate of drug-likeness (QED) is 0.683. The minimum atomic E-state index is -0.414. The van der Waals surface area contributed by atoms with Gasteiger partial charge in [-0.3, -0.25) is 0 Å². The minimum Gasteiger partial charge on any atom is -0.494 e. The van der Waals surface area contributed by atoms with Crippen molar-refractivity contribution in [3.63, 3.8) is 0 Å². The highest BCUT2D eigenvalue weighted by atomic mass is 19.1. The Morgan fingerprint density at radius 1 is 1.25 bits per heavy atom. The van der Waals surface area contributed by atoms with Gasteiger partial charge in [0.15, 0.2) is 17.3 Å². The van der Waals surface area contributed by atoms with Gasteiger partial charge in [-0.05, 0) is 38.1 Å².